The number of aliphatic hydroxyl groups is 4. The number of nitrogens with one attached hydrogen (secondary N) is 1. The molecule has 136 valence electrons. The van der Waals surface area contributed by atoms with Crippen molar-refractivity contribution >= 4 is 17.0 Å². The maximum atomic E-state index is 10.2. The minimum absolute atomic E-state index is 0.0860. The fourth-order valence-electron chi connectivity index (χ4n) is 3.54. The number of rotatable bonds is 4. The standard InChI is InChI=1S/C15H21N5O5/c21-4-9-11(23)12(24)15(25-9)20-6-18-10-13(16-5-17-14(10)20)19-7-2-1-3-8(7)22/h5-9,11-12,15,21-24H,1-4H2,(H,16,17,19)/t7-,8-,9-,11?,12?,15-/m1/s1. The third-order valence-electron chi connectivity index (χ3n) is 4.95. The molecule has 1 aliphatic carbocycles. The second-order valence-electron chi connectivity index (χ2n) is 6.52. The lowest BCUT2D eigenvalue weighted by molar-refractivity contribution is -0.0511. The lowest BCUT2D eigenvalue weighted by Crippen LogP contribution is -2.33. The van der Waals surface area contributed by atoms with Crippen LogP contribution in [0.1, 0.15) is 25.5 Å². The third kappa shape index (κ3) is 2.75. The van der Waals surface area contributed by atoms with Gasteiger partial charge in [0.05, 0.1) is 25.1 Å². The number of fused-ring (bicyclic) bond motifs is 1. The summed E-state index contributed by atoms with van der Waals surface area (Å²) in [4.78, 5) is 12.7. The normalized spacial score (nSPS) is 35.5. The predicted octanol–water partition coefficient (Wildman–Crippen LogP) is -1.24. The minimum Gasteiger partial charge on any atom is -0.394 e. The van der Waals surface area contributed by atoms with E-state index in [1.807, 2.05) is 0 Å². The first-order chi connectivity index (χ1) is 12.1. The molecular weight excluding hydrogens is 330 g/mol. The highest BCUT2D eigenvalue weighted by atomic mass is 16.6. The van der Waals surface area contributed by atoms with Crippen molar-refractivity contribution in [3.63, 3.8) is 0 Å². The van der Waals surface area contributed by atoms with Crippen LogP contribution < -0.4 is 5.32 Å². The van der Waals surface area contributed by atoms with Gasteiger partial charge in [0.15, 0.2) is 23.2 Å². The Hall–Kier alpha value is -1.85. The van der Waals surface area contributed by atoms with Crippen LogP contribution in [0.25, 0.3) is 11.2 Å². The van der Waals surface area contributed by atoms with E-state index in [9.17, 15) is 20.4 Å². The van der Waals surface area contributed by atoms with Gasteiger partial charge in [-0.1, -0.05) is 0 Å². The van der Waals surface area contributed by atoms with E-state index in [-0.39, 0.29) is 6.04 Å². The van der Waals surface area contributed by atoms with Gasteiger partial charge in [-0.2, -0.15) is 0 Å². The zero-order valence-corrected chi connectivity index (χ0v) is 13.4. The van der Waals surface area contributed by atoms with Gasteiger partial charge in [-0.3, -0.25) is 4.57 Å². The smallest absolute Gasteiger partial charge is 0.167 e. The average Bonchev–Trinajstić information content (AvgIpc) is 3.29. The summed E-state index contributed by atoms with van der Waals surface area (Å²) in [5.41, 5.74) is 0.916. The van der Waals surface area contributed by atoms with Crippen LogP contribution in [0.4, 0.5) is 5.82 Å². The maximum absolute atomic E-state index is 10.2. The van der Waals surface area contributed by atoms with E-state index >= 15 is 0 Å². The number of ether oxygens (including phenoxy) is 1. The van der Waals surface area contributed by atoms with Crippen molar-refractivity contribution in [1.29, 1.82) is 0 Å². The van der Waals surface area contributed by atoms with Gasteiger partial charge in [-0.15, -0.1) is 0 Å². The van der Waals surface area contributed by atoms with Crippen molar-refractivity contribution in [1.82, 2.24) is 19.5 Å². The second-order valence-corrected chi connectivity index (χ2v) is 6.52. The van der Waals surface area contributed by atoms with E-state index < -0.39 is 37.3 Å². The Labute approximate surface area is 143 Å². The number of nitrogens with zero attached hydrogens (tertiary/aromatic N) is 4. The molecule has 5 N–H and O–H groups in total. The minimum atomic E-state index is -1.21. The van der Waals surface area contributed by atoms with Gasteiger partial charge in [-0.25, -0.2) is 15.0 Å². The highest BCUT2D eigenvalue weighted by Crippen LogP contribution is 2.32. The van der Waals surface area contributed by atoms with E-state index in [0.29, 0.717) is 17.0 Å². The number of hydrogen-bond acceptors (Lipinski definition) is 9. The van der Waals surface area contributed by atoms with E-state index in [4.69, 9.17) is 4.74 Å². The number of imidazole rings is 1. The molecule has 2 fully saturated rings. The number of aliphatic hydroxyl groups excluding tert-OH is 4. The van der Waals surface area contributed by atoms with E-state index in [1.54, 1.807) is 0 Å². The van der Waals surface area contributed by atoms with Gasteiger partial charge in [0.2, 0.25) is 0 Å². The molecule has 1 saturated heterocycles. The average molecular weight is 351 g/mol. The molecule has 0 amide bonds. The van der Waals surface area contributed by atoms with Gasteiger partial charge >= 0.3 is 0 Å². The Bertz CT molecular complexity index is 755. The molecule has 2 aliphatic rings. The lowest BCUT2D eigenvalue weighted by Gasteiger charge is -2.18. The Morgan fingerprint density at radius 1 is 1.16 bits per heavy atom. The quantitative estimate of drug-likeness (QED) is 0.456. The first-order valence-electron chi connectivity index (χ1n) is 8.34. The zero-order valence-electron chi connectivity index (χ0n) is 13.4. The van der Waals surface area contributed by atoms with Crippen molar-refractivity contribution in [2.75, 3.05) is 11.9 Å². The van der Waals surface area contributed by atoms with Gasteiger partial charge < -0.3 is 30.5 Å². The molecule has 2 unspecified atom stereocenters. The molecular formula is C15H21N5O5. The molecule has 4 rings (SSSR count). The molecule has 3 heterocycles. The first-order valence-corrected chi connectivity index (χ1v) is 8.34. The SMILES string of the molecule is OC[C@H]1O[C@@H](n2cnc3c(N[C@@H]4CCC[C@H]4O)ncnc32)C(O)C1O. The molecule has 10 heteroatoms. The topological polar surface area (TPSA) is 146 Å². The number of anilines is 1. The molecule has 2 aromatic heterocycles. The Kier molecular flexibility index (Phi) is 4.29. The highest BCUT2D eigenvalue weighted by molar-refractivity contribution is 5.82. The molecule has 1 aliphatic heterocycles. The van der Waals surface area contributed by atoms with Crippen molar-refractivity contribution in [3.8, 4) is 0 Å². The van der Waals surface area contributed by atoms with Crippen LogP contribution in [0, 0.1) is 0 Å². The molecule has 25 heavy (non-hydrogen) atoms. The van der Waals surface area contributed by atoms with Crippen molar-refractivity contribution in [3.05, 3.63) is 12.7 Å². The summed E-state index contributed by atoms with van der Waals surface area (Å²) in [7, 11) is 0. The molecule has 2 aromatic rings. The van der Waals surface area contributed by atoms with Crippen molar-refractivity contribution in [2.24, 2.45) is 0 Å². The second kappa shape index (κ2) is 6.46. The Morgan fingerprint density at radius 3 is 2.68 bits per heavy atom. The lowest BCUT2D eigenvalue weighted by atomic mass is 10.1. The van der Waals surface area contributed by atoms with Gasteiger partial charge in [0.25, 0.3) is 0 Å². The molecule has 1 saturated carbocycles. The maximum Gasteiger partial charge on any atom is 0.167 e. The van der Waals surface area contributed by atoms with Gasteiger partial charge in [0.1, 0.15) is 24.6 Å². The molecule has 0 bridgehead atoms. The van der Waals surface area contributed by atoms with Crippen LogP contribution in [-0.2, 0) is 4.74 Å². The summed E-state index contributed by atoms with van der Waals surface area (Å²) in [6, 6.07) is -0.0860. The number of hydrogen-bond donors (Lipinski definition) is 5. The summed E-state index contributed by atoms with van der Waals surface area (Å²) in [6.45, 7) is -0.400. The Balaban J connectivity index is 1.65. The fraction of sp³-hybridized carbons (Fsp3) is 0.667. The van der Waals surface area contributed by atoms with Crippen LogP contribution in [0.2, 0.25) is 0 Å². The monoisotopic (exact) mass is 351 g/mol. The molecule has 0 radical (unpaired) electrons. The summed E-state index contributed by atoms with van der Waals surface area (Å²) in [5, 5.41) is 42.6. The number of aromatic nitrogens is 4. The van der Waals surface area contributed by atoms with Crippen molar-refractivity contribution < 1.29 is 25.2 Å². The fourth-order valence-corrected chi connectivity index (χ4v) is 3.54. The van der Waals surface area contributed by atoms with Crippen LogP contribution >= 0.6 is 0 Å². The first kappa shape index (κ1) is 16.6. The van der Waals surface area contributed by atoms with E-state index in [0.717, 1.165) is 19.3 Å². The summed E-state index contributed by atoms with van der Waals surface area (Å²) in [6.07, 6.45) is 0.768. The molecule has 0 aromatic carbocycles. The van der Waals surface area contributed by atoms with Crippen molar-refractivity contribution in [2.45, 2.75) is 55.9 Å². The Morgan fingerprint density at radius 2 is 2.00 bits per heavy atom. The molecule has 6 atom stereocenters. The van der Waals surface area contributed by atoms with Crippen LogP contribution in [0.5, 0.6) is 0 Å². The van der Waals surface area contributed by atoms with Crippen LogP contribution in [-0.4, -0.2) is 77.0 Å². The van der Waals surface area contributed by atoms with E-state index in [1.165, 1.54) is 17.2 Å². The van der Waals surface area contributed by atoms with Crippen LogP contribution in [0.3, 0.4) is 0 Å². The zero-order chi connectivity index (χ0) is 17.6. The summed E-state index contributed by atoms with van der Waals surface area (Å²) in [5.74, 6) is 0.501. The van der Waals surface area contributed by atoms with Gasteiger partial charge in [-0.05, 0) is 19.3 Å². The van der Waals surface area contributed by atoms with Crippen LogP contribution in [0.15, 0.2) is 12.7 Å². The molecule has 10 nitrogen and oxygen atoms in total. The highest BCUT2D eigenvalue weighted by Gasteiger charge is 2.44. The third-order valence-corrected chi connectivity index (χ3v) is 4.95. The largest absolute Gasteiger partial charge is 0.394 e. The summed E-state index contributed by atoms with van der Waals surface area (Å²) >= 11 is 0. The van der Waals surface area contributed by atoms with Gasteiger partial charge in [0, 0.05) is 0 Å². The molecule has 0 spiro atoms. The summed E-state index contributed by atoms with van der Waals surface area (Å²) < 4.78 is 7.04. The van der Waals surface area contributed by atoms with E-state index in [2.05, 4.69) is 20.3 Å². The predicted molar refractivity (Wildman–Crippen MR) is 85.6 cm³/mol.